The predicted octanol–water partition coefficient (Wildman–Crippen LogP) is 11.4. The summed E-state index contributed by atoms with van der Waals surface area (Å²) in [7, 11) is 0. The molecule has 0 spiro atoms. The molecule has 0 radical (unpaired) electrons. The van der Waals surface area contributed by atoms with Gasteiger partial charge in [-0.25, -0.2) is 15.0 Å². The van der Waals surface area contributed by atoms with E-state index in [-0.39, 0.29) is 10.8 Å². The summed E-state index contributed by atoms with van der Waals surface area (Å²) in [6, 6.07) is 53.5. The first-order chi connectivity index (χ1) is 23.3. The summed E-state index contributed by atoms with van der Waals surface area (Å²) in [5, 5.41) is 0. The SMILES string of the molecule is CC1(C)c2ccccc2-c2cc(-c3cccc(-c4cccc(-c5nc(-c6ccccc6)nc(-c6ccccc6)n5)c4)c3)ccc2C1(C)C. The number of aromatic nitrogens is 3. The van der Waals surface area contributed by atoms with Crippen LogP contribution in [-0.2, 0) is 10.8 Å². The summed E-state index contributed by atoms with van der Waals surface area (Å²) in [5.74, 6) is 1.97. The largest absolute Gasteiger partial charge is 0.208 e. The summed E-state index contributed by atoms with van der Waals surface area (Å²) >= 11 is 0. The van der Waals surface area contributed by atoms with Gasteiger partial charge in [0.2, 0.25) is 0 Å². The lowest BCUT2D eigenvalue weighted by atomic mass is 9.55. The molecule has 3 heteroatoms. The van der Waals surface area contributed by atoms with E-state index in [0.717, 1.165) is 27.8 Å². The maximum absolute atomic E-state index is 4.96. The molecule has 0 fully saturated rings. The molecule has 8 rings (SSSR count). The lowest BCUT2D eigenvalue weighted by molar-refractivity contribution is 0.299. The third kappa shape index (κ3) is 5.03. The number of nitrogens with zero attached hydrogens (tertiary/aromatic N) is 3. The maximum atomic E-state index is 4.96. The van der Waals surface area contributed by atoms with E-state index < -0.39 is 0 Å². The van der Waals surface area contributed by atoms with Crippen LogP contribution < -0.4 is 0 Å². The smallest absolute Gasteiger partial charge is 0.164 e. The summed E-state index contributed by atoms with van der Waals surface area (Å²) < 4.78 is 0. The molecule has 0 N–H and O–H groups in total. The average molecular weight is 620 g/mol. The predicted molar refractivity (Wildman–Crippen MR) is 198 cm³/mol. The van der Waals surface area contributed by atoms with Crippen molar-refractivity contribution < 1.29 is 0 Å². The van der Waals surface area contributed by atoms with Crippen molar-refractivity contribution in [1.29, 1.82) is 0 Å². The van der Waals surface area contributed by atoms with Crippen LogP contribution in [0.15, 0.2) is 152 Å². The lowest BCUT2D eigenvalue weighted by Crippen LogP contribution is -2.43. The Balaban J connectivity index is 1.19. The highest BCUT2D eigenvalue weighted by Gasteiger charge is 2.45. The second-order valence-corrected chi connectivity index (χ2v) is 13.8. The standard InChI is InChI=1S/C45H37N3/c1-44(2)39-24-12-11-23-37(39)38-29-35(25-26-40(38)45(44,3)4)33-20-13-19-32(27-33)34-21-14-22-36(28-34)43-47-41(30-15-7-5-8-16-30)46-42(48-43)31-17-9-6-10-18-31/h5-29H,1-4H3. The molecule has 7 aromatic rings. The van der Waals surface area contributed by atoms with Crippen LogP contribution in [-0.4, -0.2) is 15.0 Å². The molecule has 0 amide bonds. The summed E-state index contributed by atoms with van der Waals surface area (Å²) in [6.07, 6.45) is 0. The van der Waals surface area contributed by atoms with Crippen molar-refractivity contribution in [2.24, 2.45) is 0 Å². The Morgan fingerprint density at radius 3 is 1.27 bits per heavy atom. The van der Waals surface area contributed by atoms with Gasteiger partial charge in [-0.15, -0.1) is 0 Å². The minimum Gasteiger partial charge on any atom is -0.208 e. The molecule has 3 nitrogen and oxygen atoms in total. The van der Waals surface area contributed by atoms with Crippen LogP contribution in [0.1, 0.15) is 38.8 Å². The number of benzene rings is 6. The Morgan fingerprint density at radius 1 is 0.312 bits per heavy atom. The summed E-state index contributed by atoms with van der Waals surface area (Å²) in [5.41, 5.74) is 13.0. The Kier molecular flexibility index (Phi) is 7.14. The molecule has 6 aromatic carbocycles. The van der Waals surface area contributed by atoms with E-state index in [1.165, 1.54) is 33.4 Å². The van der Waals surface area contributed by atoms with Gasteiger partial charge in [0.1, 0.15) is 0 Å². The molecular weight excluding hydrogens is 583 g/mol. The fourth-order valence-corrected chi connectivity index (χ4v) is 7.08. The zero-order chi connectivity index (χ0) is 32.9. The molecule has 1 aromatic heterocycles. The molecule has 0 aliphatic heterocycles. The third-order valence-electron chi connectivity index (χ3n) is 10.5. The van der Waals surface area contributed by atoms with E-state index in [4.69, 9.17) is 15.0 Å². The van der Waals surface area contributed by atoms with E-state index >= 15 is 0 Å². The van der Waals surface area contributed by atoms with Gasteiger partial charge in [0.15, 0.2) is 17.5 Å². The highest BCUT2D eigenvalue weighted by atomic mass is 15.0. The molecule has 232 valence electrons. The molecular formula is C45H37N3. The number of hydrogen-bond donors (Lipinski definition) is 0. The van der Waals surface area contributed by atoms with E-state index in [0.29, 0.717) is 17.5 Å². The van der Waals surface area contributed by atoms with E-state index in [1.54, 1.807) is 0 Å². The Morgan fingerprint density at radius 2 is 0.708 bits per heavy atom. The van der Waals surface area contributed by atoms with Crippen LogP contribution in [0.3, 0.4) is 0 Å². The van der Waals surface area contributed by atoms with Gasteiger partial charge in [-0.1, -0.05) is 161 Å². The topological polar surface area (TPSA) is 38.7 Å². The molecule has 0 atom stereocenters. The van der Waals surface area contributed by atoms with Crippen molar-refractivity contribution in [1.82, 2.24) is 15.0 Å². The molecule has 0 saturated heterocycles. The molecule has 0 unspecified atom stereocenters. The molecule has 0 saturated carbocycles. The van der Waals surface area contributed by atoms with Gasteiger partial charge in [-0.2, -0.15) is 0 Å². The van der Waals surface area contributed by atoms with Crippen molar-refractivity contribution in [3.63, 3.8) is 0 Å². The number of hydrogen-bond acceptors (Lipinski definition) is 3. The molecule has 48 heavy (non-hydrogen) atoms. The van der Waals surface area contributed by atoms with Gasteiger partial charge >= 0.3 is 0 Å². The monoisotopic (exact) mass is 619 g/mol. The first-order valence-corrected chi connectivity index (χ1v) is 16.6. The zero-order valence-corrected chi connectivity index (χ0v) is 27.8. The van der Waals surface area contributed by atoms with E-state index in [1.807, 2.05) is 60.7 Å². The molecule has 1 aliphatic rings. The number of rotatable bonds is 5. The second-order valence-electron chi connectivity index (χ2n) is 13.8. The Labute approximate surface area is 283 Å². The molecule has 0 bridgehead atoms. The van der Waals surface area contributed by atoms with Crippen molar-refractivity contribution in [2.75, 3.05) is 0 Å². The lowest BCUT2D eigenvalue weighted by Gasteiger charge is -2.48. The van der Waals surface area contributed by atoms with Gasteiger partial charge in [-0.3, -0.25) is 0 Å². The van der Waals surface area contributed by atoms with E-state index in [9.17, 15) is 0 Å². The normalized spacial score (nSPS) is 14.2. The van der Waals surface area contributed by atoms with Crippen molar-refractivity contribution in [2.45, 2.75) is 38.5 Å². The highest BCUT2D eigenvalue weighted by molar-refractivity contribution is 5.83. The average Bonchev–Trinajstić information content (AvgIpc) is 3.14. The van der Waals surface area contributed by atoms with Crippen LogP contribution in [0, 0.1) is 0 Å². The van der Waals surface area contributed by atoms with Crippen LogP contribution in [0.2, 0.25) is 0 Å². The summed E-state index contributed by atoms with van der Waals surface area (Å²) in [4.78, 5) is 14.8. The van der Waals surface area contributed by atoms with Crippen LogP contribution in [0.4, 0.5) is 0 Å². The van der Waals surface area contributed by atoms with Gasteiger partial charge in [-0.05, 0) is 73.5 Å². The molecule has 1 heterocycles. The van der Waals surface area contributed by atoms with Gasteiger partial charge < -0.3 is 0 Å². The van der Waals surface area contributed by atoms with Gasteiger partial charge in [0.05, 0.1) is 0 Å². The Hall–Kier alpha value is -5.67. The zero-order valence-electron chi connectivity index (χ0n) is 27.8. The van der Waals surface area contributed by atoms with Crippen LogP contribution in [0.25, 0.3) is 67.5 Å². The summed E-state index contributed by atoms with van der Waals surface area (Å²) in [6.45, 7) is 9.52. The number of fused-ring (bicyclic) bond motifs is 3. The van der Waals surface area contributed by atoms with Crippen molar-refractivity contribution in [3.05, 3.63) is 163 Å². The van der Waals surface area contributed by atoms with Crippen LogP contribution >= 0.6 is 0 Å². The van der Waals surface area contributed by atoms with Crippen LogP contribution in [0.5, 0.6) is 0 Å². The van der Waals surface area contributed by atoms with Gasteiger partial charge in [0.25, 0.3) is 0 Å². The fraction of sp³-hybridized carbons (Fsp3) is 0.133. The Bertz CT molecular complexity index is 2230. The van der Waals surface area contributed by atoms with Gasteiger partial charge in [0, 0.05) is 16.7 Å². The first-order valence-electron chi connectivity index (χ1n) is 16.6. The fourth-order valence-electron chi connectivity index (χ4n) is 7.08. The minimum absolute atomic E-state index is 0.00666. The second kappa shape index (κ2) is 11.5. The maximum Gasteiger partial charge on any atom is 0.164 e. The van der Waals surface area contributed by atoms with E-state index in [2.05, 4.69) is 119 Å². The van der Waals surface area contributed by atoms with Crippen molar-refractivity contribution >= 4 is 0 Å². The quantitative estimate of drug-likeness (QED) is 0.192. The van der Waals surface area contributed by atoms with Crippen molar-refractivity contribution in [3.8, 4) is 67.5 Å². The minimum atomic E-state index is -0.00666. The molecule has 1 aliphatic carbocycles. The first kappa shape index (κ1) is 29.7. The highest BCUT2D eigenvalue weighted by Crippen LogP contribution is 2.54. The third-order valence-corrected chi connectivity index (χ3v) is 10.5.